The standard InChI is InChI=1S/C18H16FN5S/c1-3-15-17(13-7-8-16-20-9-10-23(16)11-13)18(22-24(15)25-19)14-6-4-5-12(2)21-14/h4-11H,3H2,1-2H3. The molecule has 4 aromatic heterocycles. The number of aromatic nitrogens is 5. The molecule has 0 aliphatic carbocycles. The first-order valence-corrected chi connectivity index (χ1v) is 8.66. The van der Waals surface area contributed by atoms with Crippen molar-refractivity contribution in [1.29, 1.82) is 0 Å². The van der Waals surface area contributed by atoms with E-state index >= 15 is 0 Å². The van der Waals surface area contributed by atoms with Crippen molar-refractivity contribution in [2.45, 2.75) is 20.3 Å². The van der Waals surface area contributed by atoms with Crippen LogP contribution in [0.5, 0.6) is 0 Å². The minimum absolute atomic E-state index is 0.112. The lowest BCUT2D eigenvalue weighted by Gasteiger charge is -2.07. The van der Waals surface area contributed by atoms with Crippen molar-refractivity contribution >= 4 is 18.0 Å². The Bertz CT molecular complexity index is 1050. The van der Waals surface area contributed by atoms with E-state index in [4.69, 9.17) is 0 Å². The zero-order chi connectivity index (χ0) is 17.4. The van der Waals surface area contributed by atoms with Gasteiger partial charge in [-0.15, -0.1) is 3.89 Å². The Morgan fingerprint density at radius 1 is 1.20 bits per heavy atom. The third kappa shape index (κ3) is 2.70. The second-order valence-electron chi connectivity index (χ2n) is 5.74. The Balaban J connectivity index is 2.00. The third-order valence-corrected chi connectivity index (χ3v) is 4.59. The Labute approximate surface area is 149 Å². The van der Waals surface area contributed by atoms with E-state index in [-0.39, 0.29) is 12.3 Å². The summed E-state index contributed by atoms with van der Waals surface area (Å²) in [5, 5.41) is 4.47. The van der Waals surface area contributed by atoms with Crippen molar-refractivity contribution in [1.82, 2.24) is 23.6 Å². The molecular weight excluding hydrogens is 337 g/mol. The molecule has 0 atom stereocenters. The molecule has 4 aromatic rings. The predicted molar refractivity (Wildman–Crippen MR) is 97.9 cm³/mol. The van der Waals surface area contributed by atoms with E-state index in [2.05, 4.69) is 15.1 Å². The fourth-order valence-electron chi connectivity index (χ4n) is 3.03. The molecule has 5 nitrogen and oxygen atoms in total. The molecule has 0 fully saturated rings. The smallest absolute Gasteiger partial charge is 0.187 e. The van der Waals surface area contributed by atoms with Crippen LogP contribution in [0.3, 0.4) is 0 Å². The molecule has 25 heavy (non-hydrogen) atoms. The van der Waals surface area contributed by atoms with Crippen molar-refractivity contribution in [3.05, 3.63) is 60.3 Å². The molecule has 0 aliphatic rings. The topological polar surface area (TPSA) is 48.0 Å². The molecular formula is C18H16FN5S. The minimum atomic E-state index is 0.112. The molecule has 4 heterocycles. The number of pyridine rings is 2. The summed E-state index contributed by atoms with van der Waals surface area (Å²) in [4.78, 5) is 8.85. The Kier molecular flexibility index (Phi) is 4.01. The van der Waals surface area contributed by atoms with Crippen LogP contribution in [0, 0.1) is 6.92 Å². The fraction of sp³-hybridized carbons (Fsp3) is 0.167. The summed E-state index contributed by atoms with van der Waals surface area (Å²) in [6.45, 7) is 3.93. The van der Waals surface area contributed by atoms with Crippen LogP contribution in [-0.2, 0) is 6.42 Å². The maximum atomic E-state index is 13.5. The predicted octanol–water partition coefficient (Wildman–Crippen LogP) is 4.51. The molecule has 0 aliphatic heterocycles. The summed E-state index contributed by atoms with van der Waals surface area (Å²) in [7, 11) is 0. The molecule has 0 unspecified atom stereocenters. The van der Waals surface area contributed by atoms with Crippen molar-refractivity contribution in [2.75, 3.05) is 0 Å². The highest BCUT2D eigenvalue weighted by Gasteiger charge is 2.21. The molecule has 0 aromatic carbocycles. The maximum absolute atomic E-state index is 13.5. The van der Waals surface area contributed by atoms with Crippen LogP contribution in [0.2, 0.25) is 0 Å². The minimum Gasteiger partial charge on any atom is -0.306 e. The normalized spacial score (nSPS) is 11.3. The van der Waals surface area contributed by atoms with E-state index in [9.17, 15) is 3.89 Å². The second kappa shape index (κ2) is 6.33. The zero-order valence-electron chi connectivity index (χ0n) is 13.8. The lowest BCUT2D eigenvalue weighted by Crippen LogP contribution is -1.94. The van der Waals surface area contributed by atoms with Gasteiger partial charge in [-0.25, -0.2) is 4.98 Å². The van der Waals surface area contributed by atoms with E-state index in [1.54, 1.807) is 6.20 Å². The summed E-state index contributed by atoms with van der Waals surface area (Å²) in [5.41, 5.74) is 5.87. The van der Waals surface area contributed by atoms with Gasteiger partial charge >= 0.3 is 0 Å². The van der Waals surface area contributed by atoms with E-state index in [1.807, 2.05) is 61.0 Å². The SMILES string of the molecule is CCc1c(-c2ccc3nccn3c2)c(-c2cccc(C)n2)nn1SF. The number of nitrogens with zero attached hydrogens (tertiary/aromatic N) is 5. The molecule has 0 amide bonds. The van der Waals surface area contributed by atoms with Gasteiger partial charge in [0.25, 0.3) is 0 Å². The Hall–Kier alpha value is -2.67. The number of hydrogen-bond donors (Lipinski definition) is 0. The second-order valence-corrected chi connectivity index (χ2v) is 6.22. The van der Waals surface area contributed by atoms with Crippen LogP contribution < -0.4 is 0 Å². The van der Waals surface area contributed by atoms with Crippen molar-refractivity contribution in [3.8, 4) is 22.5 Å². The maximum Gasteiger partial charge on any atom is 0.187 e. The number of hydrogen-bond acceptors (Lipinski definition) is 4. The molecule has 0 bridgehead atoms. The van der Waals surface area contributed by atoms with E-state index in [0.29, 0.717) is 12.1 Å². The summed E-state index contributed by atoms with van der Waals surface area (Å²) < 4.78 is 16.7. The molecule has 0 radical (unpaired) electrons. The Morgan fingerprint density at radius 3 is 2.84 bits per heavy atom. The number of fused-ring (bicyclic) bond motifs is 1. The molecule has 0 saturated heterocycles. The highest BCUT2D eigenvalue weighted by Crippen LogP contribution is 2.36. The monoisotopic (exact) mass is 353 g/mol. The molecule has 4 rings (SSSR count). The highest BCUT2D eigenvalue weighted by molar-refractivity contribution is 7.92. The Morgan fingerprint density at radius 2 is 2.08 bits per heavy atom. The number of aryl methyl sites for hydroxylation is 1. The van der Waals surface area contributed by atoms with Crippen molar-refractivity contribution < 1.29 is 3.89 Å². The molecule has 126 valence electrons. The lowest BCUT2D eigenvalue weighted by atomic mass is 10.0. The summed E-state index contributed by atoms with van der Waals surface area (Å²) in [5.74, 6) is 0. The summed E-state index contributed by atoms with van der Waals surface area (Å²) in [6.07, 6.45) is 6.30. The highest BCUT2D eigenvalue weighted by atomic mass is 32.2. The molecule has 7 heteroatoms. The van der Waals surface area contributed by atoms with Gasteiger partial charge in [-0.3, -0.25) is 4.98 Å². The van der Waals surface area contributed by atoms with Gasteiger partial charge in [0, 0.05) is 35.4 Å². The van der Waals surface area contributed by atoms with Crippen molar-refractivity contribution in [3.63, 3.8) is 0 Å². The van der Waals surface area contributed by atoms with Crippen LogP contribution in [-0.4, -0.2) is 23.6 Å². The summed E-state index contributed by atoms with van der Waals surface area (Å²) >= 11 is 0.112. The van der Waals surface area contributed by atoms with E-state index in [0.717, 1.165) is 33.9 Å². The third-order valence-electron chi connectivity index (χ3n) is 4.16. The van der Waals surface area contributed by atoms with Crippen molar-refractivity contribution in [2.24, 2.45) is 0 Å². The van der Waals surface area contributed by atoms with Crippen LogP contribution in [0.1, 0.15) is 18.3 Å². The van der Waals surface area contributed by atoms with E-state index < -0.39 is 0 Å². The zero-order valence-corrected chi connectivity index (χ0v) is 14.7. The van der Waals surface area contributed by atoms with Gasteiger partial charge in [0.2, 0.25) is 0 Å². The quantitative estimate of drug-likeness (QED) is 0.541. The average Bonchev–Trinajstić information content (AvgIpc) is 3.24. The van der Waals surface area contributed by atoms with Gasteiger partial charge in [0.1, 0.15) is 11.3 Å². The van der Waals surface area contributed by atoms with Gasteiger partial charge in [0.15, 0.2) is 12.3 Å². The first kappa shape index (κ1) is 15.8. The number of imidazole rings is 1. The van der Waals surface area contributed by atoms with E-state index in [1.165, 1.54) is 4.09 Å². The van der Waals surface area contributed by atoms with Gasteiger partial charge in [-0.1, -0.05) is 13.0 Å². The molecule has 0 spiro atoms. The lowest BCUT2D eigenvalue weighted by molar-refractivity contribution is 0.845. The van der Waals surface area contributed by atoms with Crippen LogP contribution in [0.4, 0.5) is 3.89 Å². The van der Waals surface area contributed by atoms with Gasteiger partial charge in [0.05, 0.1) is 11.4 Å². The summed E-state index contributed by atoms with van der Waals surface area (Å²) in [6, 6.07) is 9.71. The van der Waals surface area contributed by atoms with Gasteiger partial charge < -0.3 is 4.40 Å². The fourth-order valence-corrected chi connectivity index (χ4v) is 3.44. The molecule has 0 N–H and O–H groups in total. The average molecular weight is 353 g/mol. The first-order chi connectivity index (χ1) is 12.2. The van der Waals surface area contributed by atoms with Gasteiger partial charge in [-0.05, 0) is 37.6 Å². The molecule has 0 saturated carbocycles. The van der Waals surface area contributed by atoms with Crippen LogP contribution in [0.25, 0.3) is 28.2 Å². The first-order valence-electron chi connectivity index (χ1n) is 7.99. The van der Waals surface area contributed by atoms with Gasteiger partial charge in [-0.2, -0.15) is 9.19 Å². The largest absolute Gasteiger partial charge is 0.306 e. The number of halogens is 1. The van der Waals surface area contributed by atoms with Crippen LogP contribution in [0.15, 0.2) is 48.9 Å². The number of rotatable bonds is 4. The van der Waals surface area contributed by atoms with Crippen LogP contribution >= 0.6 is 12.3 Å².